The fourth-order valence-corrected chi connectivity index (χ4v) is 3.73. The van der Waals surface area contributed by atoms with Gasteiger partial charge in [-0.2, -0.15) is 0 Å². The summed E-state index contributed by atoms with van der Waals surface area (Å²) in [7, 11) is 0. The first kappa shape index (κ1) is 15.2. The second kappa shape index (κ2) is 6.00. The Balaban J connectivity index is 1.50. The average molecular weight is 359 g/mol. The molecule has 0 bridgehead atoms. The maximum atomic E-state index is 12.3. The Morgan fingerprint density at radius 1 is 0.962 bits per heavy atom. The number of benzene rings is 2. The summed E-state index contributed by atoms with van der Waals surface area (Å²) in [5.74, 6) is 1.13. The topological polar surface area (TPSA) is 71.8 Å². The number of rotatable bonds is 3. The predicted molar refractivity (Wildman–Crippen MR) is 103 cm³/mol. The lowest BCUT2D eigenvalue weighted by molar-refractivity contribution is 0.660. The molecule has 0 atom stereocenters. The quantitative estimate of drug-likeness (QED) is 0.480. The van der Waals surface area contributed by atoms with Crippen molar-refractivity contribution in [3.63, 3.8) is 0 Å². The molecule has 26 heavy (non-hydrogen) atoms. The van der Waals surface area contributed by atoms with Crippen molar-refractivity contribution < 1.29 is 4.42 Å². The van der Waals surface area contributed by atoms with E-state index in [2.05, 4.69) is 15.0 Å². The van der Waals surface area contributed by atoms with E-state index in [1.54, 1.807) is 0 Å². The number of pyridine rings is 1. The third kappa shape index (κ3) is 2.55. The lowest BCUT2D eigenvalue weighted by atomic mass is 10.2. The molecule has 5 rings (SSSR count). The highest BCUT2D eigenvalue weighted by Gasteiger charge is 2.13. The SMILES string of the molecule is O=c1[nH]c(CSc2ccc3ccccc3n2)nc2c1oc1ccccc12. The Kier molecular flexibility index (Phi) is 3.50. The van der Waals surface area contributed by atoms with E-state index in [0.717, 1.165) is 21.3 Å². The molecular formula is C20H13N3O2S. The van der Waals surface area contributed by atoms with E-state index in [4.69, 9.17) is 4.42 Å². The van der Waals surface area contributed by atoms with Crippen molar-refractivity contribution in [1.82, 2.24) is 15.0 Å². The van der Waals surface area contributed by atoms with E-state index in [9.17, 15) is 4.79 Å². The monoisotopic (exact) mass is 359 g/mol. The minimum Gasteiger partial charge on any atom is -0.449 e. The van der Waals surface area contributed by atoms with Gasteiger partial charge in [0.1, 0.15) is 16.9 Å². The summed E-state index contributed by atoms with van der Waals surface area (Å²) in [6, 6.07) is 19.6. The Bertz CT molecular complexity index is 1320. The third-order valence-electron chi connectivity index (χ3n) is 4.21. The molecule has 126 valence electrons. The molecular weight excluding hydrogens is 346 g/mol. The molecule has 0 aliphatic rings. The number of aromatic amines is 1. The number of hydrogen-bond acceptors (Lipinski definition) is 5. The second-order valence-corrected chi connectivity index (χ2v) is 6.92. The van der Waals surface area contributed by atoms with Crippen LogP contribution in [0.15, 0.2) is 74.9 Å². The van der Waals surface area contributed by atoms with Crippen LogP contribution in [0.25, 0.3) is 33.0 Å². The summed E-state index contributed by atoms with van der Waals surface area (Å²) in [6.45, 7) is 0. The van der Waals surface area contributed by atoms with Crippen LogP contribution in [0.1, 0.15) is 5.82 Å². The molecule has 5 nitrogen and oxygen atoms in total. The average Bonchev–Trinajstić information content (AvgIpc) is 3.06. The molecule has 0 aliphatic heterocycles. The molecule has 0 fully saturated rings. The van der Waals surface area contributed by atoms with Gasteiger partial charge in [-0.15, -0.1) is 0 Å². The highest BCUT2D eigenvalue weighted by molar-refractivity contribution is 7.98. The molecule has 3 heterocycles. The van der Waals surface area contributed by atoms with Crippen LogP contribution in [0, 0.1) is 0 Å². The minimum absolute atomic E-state index is 0.256. The van der Waals surface area contributed by atoms with Crippen molar-refractivity contribution in [2.75, 3.05) is 0 Å². The first-order valence-electron chi connectivity index (χ1n) is 8.17. The van der Waals surface area contributed by atoms with Crippen LogP contribution in [0.3, 0.4) is 0 Å². The van der Waals surface area contributed by atoms with Gasteiger partial charge in [0.25, 0.3) is 5.56 Å². The predicted octanol–water partition coefficient (Wildman–Crippen LogP) is 4.51. The molecule has 3 aromatic heterocycles. The number of thioether (sulfide) groups is 1. The number of aromatic nitrogens is 3. The van der Waals surface area contributed by atoms with Crippen LogP contribution >= 0.6 is 11.8 Å². The van der Waals surface area contributed by atoms with E-state index in [1.807, 2.05) is 60.7 Å². The van der Waals surface area contributed by atoms with Crippen molar-refractivity contribution >= 4 is 44.7 Å². The summed E-state index contributed by atoms with van der Waals surface area (Å²) >= 11 is 1.54. The zero-order chi connectivity index (χ0) is 17.5. The number of nitrogens with zero attached hydrogens (tertiary/aromatic N) is 2. The molecule has 0 amide bonds. The Morgan fingerprint density at radius 3 is 2.77 bits per heavy atom. The standard InChI is InChI=1S/C20H13N3O2S/c24-20-19-18(13-6-2-4-8-15(13)25-19)22-16(23-20)11-26-17-10-9-12-5-1-3-7-14(12)21-17/h1-10H,11H2,(H,22,23,24). The number of fused-ring (bicyclic) bond motifs is 4. The van der Waals surface area contributed by atoms with Gasteiger partial charge in [-0.25, -0.2) is 9.97 Å². The molecule has 0 radical (unpaired) electrons. The molecule has 6 heteroatoms. The lowest BCUT2D eigenvalue weighted by Crippen LogP contribution is -2.10. The Morgan fingerprint density at radius 2 is 1.81 bits per heavy atom. The Hall–Kier alpha value is -3.12. The van der Waals surface area contributed by atoms with Gasteiger partial charge in [-0.05, 0) is 24.3 Å². The minimum atomic E-state index is -0.256. The van der Waals surface area contributed by atoms with Gasteiger partial charge in [0, 0.05) is 10.8 Å². The van der Waals surface area contributed by atoms with Gasteiger partial charge in [0.05, 0.1) is 16.3 Å². The second-order valence-electron chi connectivity index (χ2n) is 5.92. The molecule has 0 spiro atoms. The molecule has 0 aliphatic carbocycles. The van der Waals surface area contributed by atoms with E-state index < -0.39 is 0 Å². The van der Waals surface area contributed by atoms with Gasteiger partial charge in [0.15, 0.2) is 0 Å². The van der Waals surface area contributed by atoms with Gasteiger partial charge in [0.2, 0.25) is 5.58 Å². The number of nitrogens with one attached hydrogen (secondary N) is 1. The van der Waals surface area contributed by atoms with Gasteiger partial charge in [-0.3, -0.25) is 4.79 Å². The smallest absolute Gasteiger partial charge is 0.294 e. The third-order valence-corrected chi connectivity index (χ3v) is 5.15. The van der Waals surface area contributed by atoms with E-state index >= 15 is 0 Å². The zero-order valence-corrected chi connectivity index (χ0v) is 14.4. The number of H-pyrrole nitrogens is 1. The van der Waals surface area contributed by atoms with Crippen LogP contribution in [0.5, 0.6) is 0 Å². The van der Waals surface area contributed by atoms with Gasteiger partial charge >= 0.3 is 0 Å². The van der Waals surface area contributed by atoms with Crippen molar-refractivity contribution in [2.45, 2.75) is 10.8 Å². The maximum Gasteiger partial charge on any atom is 0.294 e. The maximum absolute atomic E-state index is 12.3. The van der Waals surface area contributed by atoms with Crippen LogP contribution in [-0.2, 0) is 5.75 Å². The number of para-hydroxylation sites is 2. The van der Waals surface area contributed by atoms with E-state index in [-0.39, 0.29) is 11.1 Å². The van der Waals surface area contributed by atoms with Crippen LogP contribution in [0.4, 0.5) is 0 Å². The lowest BCUT2D eigenvalue weighted by Gasteiger charge is -2.03. The molecule has 2 aromatic carbocycles. The summed E-state index contributed by atoms with van der Waals surface area (Å²) in [5, 5.41) is 2.85. The van der Waals surface area contributed by atoms with Crippen LogP contribution in [0.2, 0.25) is 0 Å². The fraction of sp³-hybridized carbons (Fsp3) is 0.0500. The molecule has 5 aromatic rings. The van der Waals surface area contributed by atoms with Gasteiger partial charge < -0.3 is 9.40 Å². The fourth-order valence-electron chi connectivity index (χ4n) is 2.99. The van der Waals surface area contributed by atoms with Crippen molar-refractivity contribution in [3.8, 4) is 0 Å². The largest absolute Gasteiger partial charge is 0.449 e. The summed E-state index contributed by atoms with van der Waals surface area (Å²) in [4.78, 5) is 24.4. The summed E-state index contributed by atoms with van der Waals surface area (Å²) < 4.78 is 5.62. The molecule has 0 unspecified atom stereocenters. The highest BCUT2D eigenvalue weighted by atomic mass is 32.2. The normalized spacial score (nSPS) is 11.5. The first-order valence-corrected chi connectivity index (χ1v) is 9.15. The van der Waals surface area contributed by atoms with Crippen molar-refractivity contribution in [1.29, 1.82) is 0 Å². The zero-order valence-electron chi connectivity index (χ0n) is 13.6. The van der Waals surface area contributed by atoms with Crippen LogP contribution in [-0.4, -0.2) is 15.0 Å². The van der Waals surface area contributed by atoms with Gasteiger partial charge in [-0.1, -0.05) is 48.2 Å². The van der Waals surface area contributed by atoms with Crippen LogP contribution < -0.4 is 5.56 Å². The number of hydrogen-bond donors (Lipinski definition) is 1. The molecule has 0 saturated carbocycles. The van der Waals surface area contributed by atoms with Crippen molar-refractivity contribution in [3.05, 3.63) is 76.8 Å². The summed E-state index contributed by atoms with van der Waals surface area (Å²) in [5.41, 5.74) is 2.24. The number of furan rings is 1. The Labute approximate surface area is 152 Å². The van der Waals surface area contributed by atoms with E-state index in [1.165, 1.54) is 11.8 Å². The first-order chi connectivity index (χ1) is 12.8. The highest BCUT2D eigenvalue weighted by Crippen LogP contribution is 2.26. The van der Waals surface area contributed by atoms with E-state index in [0.29, 0.717) is 22.7 Å². The molecule has 0 saturated heterocycles. The molecule has 1 N–H and O–H groups in total. The summed E-state index contributed by atoms with van der Waals surface area (Å²) in [6.07, 6.45) is 0. The van der Waals surface area contributed by atoms with Crippen molar-refractivity contribution in [2.24, 2.45) is 0 Å².